The van der Waals surface area contributed by atoms with Crippen molar-refractivity contribution in [3.8, 4) is 0 Å². The average molecular weight is 271 g/mol. The molecule has 0 fully saturated rings. The normalized spacial score (nSPS) is 10.6. The summed E-state index contributed by atoms with van der Waals surface area (Å²) in [6.45, 7) is 0. The summed E-state index contributed by atoms with van der Waals surface area (Å²) in [7, 11) is 0. The highest BCUT2D eigenvalue weighted by Gasteiger charge is 2.25. The van der Waals surface area contributed by atoms with E-state index in [0.29, 0.717) is 6.07 Å². The van der Waals surface area contributed by atoms with Crippen LogP contribution in [0.3, 0.4) is 0 Å². The first-order valence-corrected chi connectivity index (χ1v) is 4.01. The van der Waals surface area contributed by atoms with Crippen LogP contribution in [0.1, 0.15) is 12.0 Å². The lowest BCUT2D eigenvalue weighted by Crippen LogP contribution is -2.00. The summed E-state index contributed by atoms with van der Waals surface area (Å²) in [5, 5.41) is 10.2. The predicted molar refractivity (Wildman–Crippen MR) is 43.5 cm³/mol. The second-order valence-electron chi connectivity index (χ2n) is 2.23. The van der Waals surface area contributed by atoms with Crippen molar-refractivity contribution in [2.24, 2.45) is 0 Å². The third-order valence-electron chi connectivity index (χ3n) is 1.35. The summed E-state index contributed by atoms with van der Waals surface area (Å²) in [5.74, 6) is -2.36. The third kappa shape index (κ3) is 2.00. The van der Waals surface area contributed by atoms with E-state index in [-0.39, 0.29) is 4.47 Å². The van der Waals surface area contributed by atoms with Crippen LogP contribution in [-0.2, 0) is 0 Å². The number of alkyl halides is 2. The van der Waals surface area contributed by atoms with Gasteiger partial charge in [-0.3, -0.25) is 0 Å². The van der Waals surface area contributed by atoms with Crippen molar-refractivity contribution in [2.75, 3.05) is 0 Å². The Morgan fingerprint density at radius 2 is 2.14 bits per heavy atom. The van der Waals surface area contributed by atoms with Crippen molar-refractivity contribution in [1.82, 2.24) is 4.98 Å². The molecule has 0 aromatic carbocycles. The lowest BCUT2D eigenvalue weighted by atomic mass is 10.3. The minimum atomic E-state index is -3.06. The van der Waals surface area contributed by atoms with Gasteiger partial charge in [-0.2, -0.15) is 4.39 Å². The van der Waals surface area contributed by atoms with Crippen molar-refractivity contribution in [3.05, 3.63) is 32.2 Å². The molecule has 4 nitrogen and oxygen atoms in total. The number of rotatable bonds is 2. The smallest absolute Gasteiger partial charge is 0.358 e. The summed E-state index contributed by atoms with van der Waals surface area (Å²) in [6.07, 6.45) is -3.06. The number of hydrogen-bond acceptors (Lipinski definition) is 3. The Bertz CT molecular complexity index is 386. The summed E-state index contributed by atoms with van der Waals surface area (Å²) >= 11 is 2.65. The van der Waals surface area contributed by atoms with Gasteiger partial charge >= 0.3 is 11.8 Å². The second-order valence-corrected chi connectivity index (χ2v) is 3.09. The Morgan fingerprint density at radius 3 is 2.57 bits per heavy atom. The van der Waals surface area contributed by atoms with Crippen LogP contribution in [0, 0.1) is 16.1 Å². The van der Waals surface area contributed by atoms with E-state index in [4.69, 9.17) is 0 Å². The van der Waals surface area contributed by atoms with Gasteiger partial charge in [-0.1, -0.05) is 0 Å². The number of nitrogens with zero attached hydrogens (tertiary/aromatic N) is 2. The summed E-state index contributed by atoms with van der Waals surface area (Å²) < 4.78 is 36.6. The fourth-order valence-electron chi connectivity index (χ4n) is 0.753. The Balaban J connectivity index is 3.31. The van der Waals surface area contributed by atoms with Crippen LogP contribution in [0.5, 0.6) is 0 Å². The zero-order valence-corrected chi connectivity index (χ0v) is 7.96. The SMILES string of the molecule is O=[N+]([O-])c1nc(F)c(C(F)F)cc1Br. The molecule has 1 rings (SSSR count). The molecule has 14 heavy (non-hydrogen) atoms. The maximum absolute atomic E-state index is 12.7. The van der Waals surface area contributed by atoms with Crippen molar-refractivity contribution in [1.29, 1.82) is 0 Å². The van der Waals surface area contributed by atoms with Gasteiger partial charge in [-0.05, 0) is 31.9 Å². The molecule has 1 heterocycles. The van der Waals surface area contributed by atoms with Crippen LogP contribution >= 0.6 is 15.9 Å². The molecule has 0 radical (unpaired) electrons. The van der Waals surface area contributed by atoms with E-state index in [2.05, 4.69) is 20.9 Å². The molecule has 0 N–H and O–H groups in total. The molecule has 0 atom stereocenters. The van der Waals surface area contributed by atoms with Gasteiger partial charge in [0.25, 0.3) is 6.43 Å². The zero-order chi connectivity index (χ0) is 10.9. The van der Waals surface area contributed by atoms with E-state index in [1.807, 2.05) is 0 Å². The van der Waals surface area contributed by atoms with E-state index < -0.39 is 28.7 Å². The molecule has 0 amide bonds. The van der Waals surface area contributed by atoms with Gasteiger partial charge in [0.2, 0.25) is 0 Å². The maximum atomic E-state index is 12.7. The Kier molecular flexibility index (Phi) is 3.04. The summed E-state index contributed by atoms with van der Waals surface area (Å²) in [4.78, 5) is 12.0. The Labute approximate surface area is 84.0 Å². The minimum Gasteiger partial charge on any atom is -0.358 e. The van der Waals surface area contributed by atoms with Gasteiger partial charge in [0, 0.05) is 0 Å². The largest absolute Gasteiger partial charge is 0.381 e. The van der Waals surface area contributed by atoms with Crippen LogP contribution < -0.4 is 0 Å². The molecule has 0 saturated carbocycles. The van der Waals surface area contributed by atoms with Crippen LogP contribution in [0.25, 0.3) is 0 Å². The van der Waals surface area contributed by atoms with E-state index >= 15 is 0 Å². The zero-order valence-electron chi connectivity index (χ0n) is 6.38. The Morgan fingerprint density at radius 1 is 1.57 bits per heavy atom. The molecule has 0 aliphatic rings. The highest BCUT2D eigenvalue weighted by molar-refractivity contribution is 9.10. The average Bonchev–Trinajstić information content (AvgIpc) is 2.07. The summed E-state index contributed by atoms with van der Waals surface area (Å²) in [6, 6.07) is 0.644. The number of pyridine rings is 1. The number of nitro groups is 1. The molecule has 0 saturated heterocycles. The van der Waals surface area contributed by atoms with Gasteiger partial charge in [0.1, 0.15) is 10.0 Å². The number of aromatic nitrogens is 1. The molecule has 1 aromatic rings. The lowest BCUT2D eigenvalue weighted by Gasteiger charge is -1.99. The molecule has 76 valence electrons. The predicted octanol–water partition coefficient (Wildman–Crippen LogP) is 2.83. The van der Waals surface area contributed by atoms with E-state index in [0.717, 1.165) is 0 Å². The quantitative estimate of drug-likeness (QED) is 0.472. The first-order chi connectivity index (χ1) is 6.43. The van der Waals surface area contributed by atoms with Gasteiger partial charge in [0.05, 0.1) is 0 Å². The van der Waals surface area contributed by atoms with Crippen molar-refractivity contribution in [2.45, 2.75) is 6.43 Å². The molecular weight excluding hydrogens is 269 g/mol. The van der Waals surface area contributed by atoms with Gasteiger partial charge in [-0.25, -0.2) is 8.78 Å². The highest BCUT2D eigenvalue weighted by atomic mass is 79.9. The molecule has 1 aromatic heterocycles. The number of halogens is 4. The topological polar surface area (TPSA) is 56.0 Å². The molecule has 0 aliphatic heterocycles. The monoisotopic (exact) mass is 270 g/mol. The van der Waals surface area contributed by atoms with Gasteiger partial charge in [-0.15, -0.1) is 0 Å². The van der Waals surface area contributed by atoms with Crippen molar-refractivity contribution >= 4 is 21.7 Å². The van der Waals surface area contributed by atoms with E-state index in [9.17, 15) is 23.3 Å². The fourth-order valence-corrected chi connectivity index (χ4v) is 1.23. The van der Waals surface area contributed by atoms with E-state index in [1.165, 1.54) is 0 Å². The summed E-state index contributed by atoms with van der Waals surface area (Å²) in [5.41, 5.74) is -0.970. The van der Waals surface area contributed by atoms with Crippen LogP contribution in [-0.4, -0.2) is 9.91 Å². The molecule has 0 bridgehead atoms. The highest BCUT2D eigenvalue weighted by Crippen LogP contribution is 2.29. The maximum Gasteiger partial charge on any atom is 0.381 e. The van der Waals surface area contributed by atoms with E-state index in [1.54, 1.807) is 0 Å². The molecule has 0 spiro atoms. The minimum absolute atomic E-state index is 0.279. The third-order valence-corrected chi connectivity index (χ3v) is 1.93. The van der Waals surface area contributed by atoms with Crippen molar-refractivity contribution in [3.63, 3.8) is 0 Å². The molecule has 8 heteroatoms. The van der Waals surface area contributed by atoms with Crippen molar-refractivity contribution < 1.29 is 18.1 Å². The fraction of sp³-hybridized carbons (Fsp3) is 0.167. The van der Waals surface area contributed by atoms with Gasteiger partial charge < -0.3 is 10.1 Å². The Hall–Kier alpha value is -1.18. The second kappa shape index (κ2) is 3.91. The number of hydrogen-bond donors (Lipinski definition) is 0. The first kappa shape index (κ1) is 10.9. The first-order valence-electron chi connectivity index (χ1n) is 3.22. The van der Waals surface area contributed by atoms with Crippen LogP contribution in [0.15, 0.2) is 10.5 Å². The van der Waals surface area contributed by atoms with Gasteiger partial charge in [0.15, 0.2) is 0 Å². The van der Waals surface area contributed by atoms with Crippen LogP contribution in [0.2, 0.25) is 0 Å². The molecule has 0 unspecified atom stereocenters. The standard InChI is InChI=1S/C6H2BrF3N2O2/c7-3-1-2(4(8)9)5(10)11-6(3)12(13)14/h1,4H. The molecular formula is C6H2BrF3N2O2. The lowest BCUT2D eigenvalue weighted by molar-refractivity contribution is -0.390. The molecule has 0 aliphatic carbocycles. The van der Waals surface area contributed by atoms with Crippen LogP contribution in [0.4, 0.5) is 19.0 Å².